The number of nitrogens with one attached hydrogen (secondary N) is 2. The van der Waals surface area contributed by atoms with Gasteiger partial charge in [0.25, 0.3) is 30.4 Å². The molecule has 280 valence electrons. The second-order valence-electron chi connectivity index (χ2n) is 11.4. The number of anilines is 4. The molecule has 0 amide bonds. The van der Waals surface area contributed by atoms with Gasteiger partial charge in [0.2, 0.25) is 0 Å². The van der Waals surface area contributed by atoms with E-state index in [2.05, 4.69) is 15.6 Å². The van der Waals surface area contributed by atoms with Crippen LogP contribution in [0, 0.1) is 0 Å². The molecule has 0 radical (unpaired) electrons. The van der Waals surface area contributed by atoms with Gasteiger partial charge in [-0.1, -0.05) is 36.4 Å². The Kier molecular flexibility index (Phi) is 12.5. The van der Waals surface area contributed by atoms with E-state index in [1.807, 2.05) is 72.8 Å². The summed E-state index contributed by atoms with van der Waals surface area (Å²) in [7, 11) is -12.9. The van der Waals surface area contributed by atoms with Crippen LogP contribution in [0.25, 0.3) is 5.57 Å². The van der Waals surface area contributed by atoms with Crippen molar-refractivity contribution < 1.29 is 38.9 Å². The van der Waals surface area contributed by atoms with Gasteiger partial charge in [0.05, 0.1) is 26.1 Å². The summed E-state index contributed by atoms with van der Waals surface area (Å²) in [6, 6.07) is 32.1. The van der Waals surface area contributed by atoms with Gasteiger partial charge in [0, 0.05) is 22.7 Å². The van der Waals surface area contributed by atoms with Crippen LogP contribution in [0.15, 0.2) is 171 Å². The van der Waals surface area contributed by atoms with Crippen LogP contribution in [0.2, 0.25) is 0 Å². The minimum Gasteiger partial charge on any atom is -0.356 e. The van der Waals surface area contributed by atoms with E-state index in [0.29, 0.717) is 22.8 Å². The van der Waals surface area contributed by atoms with Gasteiger partial charge >= 0.3 is 0 Å². The standard InChI is InChI=1S/C37H29N3O9S3.2H3N/c41-50(42,43)34-19-13-31(14-20-34)38-28-7-1-25(2-8-28)37(26-3-9-29(10-4-26)39-32-15-21-35(22-16-32)51(44,45)46)27-5-11-30(12-6-27)40-33-17-23-36(24-18-33)52(47,48)49;;/h1-24,38-39H,(H,41,42,43)(H,44,45,46)(H,47,48,49);2*1H3. The molecule has 0 aliphatic heterocycles. The van der Waals surface area contributed by atoms with Crippen molar-refractivity contribution in [1.82, 2.24) is 12.3 Å². The number of nitrogens with zero attached hydrogens (tertiary/aromatic N) is 1. The molecule has 5 aromatic rings. The summed E-state index contributed by atoms with van der Waals surface area (Å²) in [6.45, 7) is 0. The summed E-state index contributed by atoms with van der Waals surface area (Å²) in [5, 5.41) is 6.42. The predicted octanol–water partition coefficient (Wildman–Crippen LogP) is 7.94. The summed E-state index contributed by atoms with van der Waals surface area (Å²) in [6.07, 6.45) is 7.47. The molecule has 14 nitrogen and oxygen atoms in total. The molecule has 5 aromatic carbocycles. The Bertz CT molecular complexity index is 2450. The first kappa shape index (κ1) is 41.0. The van der Waals surface area contributed by atoms with Crippen molar-refractivity contribution in [3.8, 4) is 0 Å². The summed E-state index contributed by atoms with van der Waals surface area (Å²) < 4.78 is 96.1. The zero-order valence-electron chi connectivity index (χ0n) is 28.2. The lowest BCUT2D eigenvalue weighted by molar-refractivity contribution is 0.481. The third-order valence-electron chi connectivity index (χ3n) is 7.78. The van der Waals surface area contributed by atoms with Crippen LogP contribution in [0.5, 0.6) is 0 Å². The highest BCUT2D eigenvalue weighted by Crippen LogP contribution is 2.33. The quantitative estimate of drug-likeness (QED) is 0.0663. The Balaban J connectivity index is 0.00000325. The average molecular weight is 790 g/mol. The van der Waals surface area contributed by atoms with Crippen molar-refractivity contribution in [2.24, 2.45) is 4.99 Å². The minimum atomic E-state index is -4.32. The molecule has 54 heavy (non-hydrogen) atoms. The zero-order chi connectivity index (χ0) is 37.1. The van der Waals surface area contributed by atoms with E-state index < -0.39 is 30.4 Å². The summed E-state index contributed by atoms with van der Waals surface area (Å²) >= 11 is 0. The number of rotatable bonds is 10. The van der Waals surface area contributed by atoms with Gasteiger partial charge in [-0.25, -0.2) is 4.99 Å². The van der Waals surface area contributed by atoms with Crippen LogP contribution in [0.4, 0.5) is 28.4 Å². The lowest BCUT2D eigenvalue weighted by Crippen LogP contribution is -2.00. The average Bonchev–Trinajstić information content (AvgIpc) is 3.10. The van der Waals surface area contributed by atoms with Crippen LogP contribution in [-0.2, 0) is 30.4 Å². The number of aliphatic imine (C=N–C) groups is 1. The molecule has 0 aromatic heterocycles. The van der Waals surface area contributed by atoms with Crippen LogP contribution < -0.4 is 22.9 Å². The molecule has 0 fully saturated rings. The monoisotopic (exact) mass is 789 g/mol. The van der Waals surface area contributed by atoms with Crippen molar-refractivity contribution in [2.75, 3.05) is 10.6 Å². The van der Waals surface area contributed by atoms with E-state index in [4.69, 9.17) is 0 Å². The van der Waals surface area contributed by atoms with E-state index >= 15 is 0 Å². The third kappa shape index (κ3) is 10.2. The maximum Gasteiger partial charge on any atom is 0.294 e. The summed E-state index contributed by atoms with van der Waals surface area (Å²) in [5.41, 5.74) is 7.31. The maximum absolute atomic E-state index is 11.4. The van der Waals surface area contributed by atoms with Gasteiger partial charge in [-0.3, -0.25) is 13.7 Å². The second-order valence-corrected chi connectivity index (χ2v) is 15.7. The Labute approximate surface area is 312 Å². The lowest BCUT2D eigenvalue weighted by Gasteiger charge is -2.16. The first-order valence-electron chi connectivity index (χ1n) is 15.3. The Hall–Kier alpha value is -5.76. The zero-order valence-corrected chi connectivity index (χ0v) is 30.7. The molecule has 11 N–H and O–H groups in total. The molecule has 0 spiro atoms. The van der Waals surface area contributed by atoms with Gasteiger partial charge in [-0.05, 0) is 131 Å². The van der Waals surface area contributed by atoms with Crippen molar-refractivity contribution in [1.29, 1.82) is 0 Å². The normalized spacial score (nSPS) is 12.6. The van der Waals surface area contributed by atoms with Crippen molar-refractivity contribution in [3.63, 3.8) is 0 Å². The Morgan fingerprint density at radius 3 is 1.04 bits per heavy atom. The SMILES string of the molecule is N.N.O=S(=O)(O)c1ccc(N=C2C=CC(=C(c3ccc(Nc4ccc(S(=O)(=O)O)cc4)cc3)c3ccc(Nc4ccc(S(=O)(=O)O)cc4)cc3)C=C2)cc1. The summed E-state index contributed by atoms with van der Waals surface area (Å²) in [5.74, 6) is 0. The second kappa shape index (κ2) is 16.5. The first-order chi connectivity index (χ1) is 24.6. The van der Waals surface area contributed by atoms with E-state index in [9.17, 15) is 38.9 Å². The topological polar surface area (TPSA) is 270 Å². The van der Waals surface area contributed by atoms with E-state index in [1.54, 1.807) is 24.3 Å². The molecule has 1 aliphatic carbocycles. The molecular weight excluding hydrogens is 755 g/mol. The van der Waals surface area contributed by atoms with Gasteiger partial charge in [-0.15, -0.1) is 0 Å². The molecule has 17 heteroatoms. The number of hydrogen-bond acceptors (Lipinski definition) is 11. The molecule has 1 aliphatic rings. The molecule has 6 rings (SSSR count). The first-order valence-corrected chi connectivity index (χ1v) is 19.6. The fourth-order valence-corrected chi connectivity index (χ4v) is 6.68. The molecule has 0 saturated heterocycles. The van der Waals surface area contributed by atoms with Gasteiger partial charge in [0.15, 0.2) is 0 Å². The van der Waals surface area contributed by atoms with Gasteiger partial charge < -0.3 is 22.9 Å². The number of allylic oxidation sites excluding steroid dienone is 5. The molecule has 0 atom stereocenters. The van der Waals surface area contributed by atoms with Crippen LogP contribution in [-0.4, -0.2) is 44.6 Å². The lowest BCUT2D eigenvalue weighted by atomic mass is 9.90. The molecule has 0 heterocycles. The predicted molar refractivity (Wildman–Crippen MR) is 210 cm³/mol. The highest BCUT2D eigenvalue weighted by molar-refractivity contribution is 7.86. The maximum atomic E-state index is 11.4. The van der Waals surface area contributed by atoms with Crippen LogP contribution in [0.3, 0.4) is 0 Å². The fraction of sp³-hybridized carbons (Fsp3) is 0. The Morgan fingerprint density at radius 1 is 0.426 bits per heavy atom. The minimum absolute atomic E-state index is 0. The van der Waals surface area contributed by atoms with Crippen LogP contribution in [0.1, 0.15) is 11.1 Å². The number of benzene rings is 5. The molecular formula is C37H35N5O9S3. The van der Waals surface area contributed by atoms with Gasteiger partial charge in [-0.2, -0.15) is 25.3 Å². The van der Waals surface area contributed by atoms with Crippen LogP contribution >= 0.6 is 0 Å². The number of hydrogen-bond donors (Lipinski definition) is 7. The highest BCUT2D eigenvalue weighted by atomic mass is 32.2. The summed E-state index contributed by atoms with van der Waals surface area (Å²) in [4.78, 5) is 3.91. The molecule has 0 unspecified atom stereocenters. The van der Waals surface area contributed by atoms with E-state index in [0.717, 1.165) is 33.6 Å². The molecule has 0 saturated carbocycles. The van der Waals surface area contributed by atoms with Crippen molar-refractivity contribution >= 4 is 70.1 Å². The largest absolute Gasteiger partial charge is 0.356 e. The van der Waals surface area contributed by atoms with Crippen molar-refractivity contribution in [2.45, 2.75) is 14.7 Å². The smallest absolute Gasteiger partial charge is 0.294 e. The molecule has 0 bridgehead atoms. The van der Waals surface area contributed by atoms with E-state index in [-0.39, 0.29) is 27.0 Å². The van der Waals surface area contributed by atoms with E-state index in [1.165, 1.54) is 48.5 Å². The highest BCUT2D eigenvalue weighted by Gasteiger charge is 2.14. The Morgan fingerprint density at radius 2 is 0.722 bits per heavy atom. The third-order valence-corrected chi connectivity index (χ3v) is 10.4. The van der Waals surface area contributed by atoms with Gasteiger partial charge in [0.1, 0.15) is 0 Å². The van der Waals surface area contributed by atoms with Crippen molar-refractivity contribution in [3.05, 3.63) is 162 Å². The fourth-order valence-electron chi connectivity index (χ4n) is 5.24.